The number of hydrogen-bond acceptors (Lipinski definition) is 2. The van der Waals surface area contributed by atoms with Crippen LogP contribution in [0.5, 0.6) is 5.75 Å². The summed E-state index contributed by atoms with van der Waals surface area (Å²) >= 11 is 0. The first-order chi connectivity index (χ1) is 8.69. The first-order valence-corrected chi connectivity index (χ1v) is 5.76. The Balaban J connectivity index is 2.35. The minimum absolute atomic E-state index is 0.644. The van der Waals surface area contributed by atoms with Crippen molar-refractivity contribution in [3.05, 3.63) is 48.0 Å². The van der Waals surface area contributed by atoms with E-state index in [0.29, 0.717) is 6.61 Å². The number of carboxylic acid groups (broad SMARTS) is 1. The van der Waals surface area contributed by atoms with Gasteiger partial charge in [0.1, 0.15) is 5.75 Å². The lowest BCUT2D eigenvalue weighted by atomic mass is 10.1. The molecule has 0 saturated heterocycles. The molecule has 2 rings (SSSR count). The Bertz CT molecular complexity index is 600. The quantitative estimate of drug-likeness (QED) is 0.836. The van der Waals surface area contributed by atoms with Gasteiger partial charge in [0.15, 0.2) is 0 Å². The van der Waals surface area contributed by atoms with Gasteiger partial charge in [-0.3, -0.25) is 0 Å². The van der Waals surface area contributed by atoms with Crippen LogP contribution in [0.1, 0.15) is 12.5 Å². The summed E-state index contributed by atoms with van der Waals surface area (Å²) in [7, 11) is 0. The molecule has 3 nitrogen and oxygen atoms in total. The van der Waals surface area contributed by atoms with E-state index in [4.69, 9.17) is 9.84 Å². The van der Waals surface area contributed by atoms with E-state index >= 15 is 0 Å². The third kappa shape index (κ3) is 2.88. The van der Waals surface area contributed by atoms with Gasteiger partial charge in [-0.25, -0.2) is 4.79 Å². The van der Waals surface area contributed by atoms with Crippen LogP contribution in [0.25, 0.3) is 16.8 Å². The zero-order valence-corrected chi connectivity index (χ0v) is 10.1. The van der Waals surface area contributed by atoms with Gasteiger partial charge in [-0.2, -0.15) is 0 Å². The van der Waals surface area contributed by atoms with E-state index in [2.05, 4.69) is 0 Å². The monoisotopic (exact) mass is 242 g/mol. The summed E-state index contributed by atoms with van der Waals surface area (Å²) in [6.45, 7) is 2.59. The second kappa shape index (κ2) is 5.36. The number of benzene rings is 2. The number of ether oxygens (including phenoxy) is 1. The van der Waals surface area contributed by atoms with Crippen molar-refractivity contribution in [1.82, 2.24) is 0 Å². The minimum atomic E-state index is -0.943. The maximum atomic E-state index is 10.4. The van der Waals surface area contributed by atoms with Gasteiger partial charge in [0.25, 0.3) is 0 Å². The van der Waals surface area contributed by atoms with Gasteiger partial charge in [-0.1, -0.05) is 18.2 Å². The summed E-state index contributed by atoms with van der Waals surface area (Å²) in [5.41, 5.74) is 0.869. The highest BCUT2D eigenvalue weighted by molar-refractivity contribution is 5.89. The lowest BCUT2D eigenvalue weighted by Gasteiger charge is -2.05. The van der Waals surface area contributed by atoms with Gasteiger partial charge in [0.05, 0.1) is 6.61 Å². The van der Waals surface area contributed by atoms with Crippen molar-refractivity contribution in [2.24, 2.45) is 0 Å². The third-order valence-electron chi connectivity index (χ3n) is 2.57. The molecule has 18 heavy (non-hydrogen) atoms. The van der Waals surface area contributed by atoms with Crippen LogP contribution in [0.3, 0.4) is 0 Å². The van der Waals surface area contributed by atoms with Crippen LogP contribution in [0.2, 0.25) is 0 Å². The van der Waals surface area contributed by atoms with Crippen molar-refractivity contribution in [2.75, 3.05) is 6.61 Å². The van der Waals surface area contributed by atoms with E-state index in [0.717, 1.165) is 28.2 Å². The summed E-state index contributed by atoms with van der Waals surface area (Å²) in [4.78, 5) is 10.4. The molecule has 2 aromatic carbocycles. The molecule has 0 atom stereocenters. The van der Waals surface area contributed by atoms with Crippen molar-refractivity contribution in [2.45, 2.75) is 6.92 Å². The fourth-order valence-corrected chi connectivity index (χ4v) is 1.77. The molecule has 0 aromatic heterocycles. The predicted molar refractivity (Wildman–Crippen MR) is 71.8 cm³/mol. The highest BCUT2D eigenvalue weighted by atomic mass is 16.5. The first-order valence-electron chi connectivity index (χ1n) is 5.76. The van der Waals surface area contributed by atoms with Crippen LogP contribution in [0.15, 0.2) is 42.5 Å². The average Bonchev–Trinajstić information content (AvgIpc) is 2.36. The smallest absolute Gasteiger partial charge is 0.328 e. The molecule has 0 saturated carbocycles. The molecular formula is C15H14O3. The molecule has 0 radical (unpaired) electrons. The van der Waals surface area contributed by atoms with Crippen LogP contribution in [-0.2, 0) is 4.79 Å². The Morgan fingerprint density at radius 3 is 2.67 bits per heavy atom. The van der Waals surface area contributed by atoms with Crippen molar-refractivity contribution in [3.8, 4) is 5.75 Å². The van der Waals surface area contributed by atoms with E-state index in [1.807, 2.05) is 43.3 Å². The zero-order valence-electron chi connectivity index (χ0n) is 10.1. The Morgan fingerprint density at radius 1 is 1.22 bits per heavy atom. The number of hydrogen-bond donors (Lipinski definition) is 1. The van der Waals surface area contributed by atoms with Gasteiger partial charge in [0.2, 0.25) is 0 Å². The summed E-state index contributed by atoms with van der Waals surface area (Å²) in [5.74, 6) is -0.0966. The minimum Gasteiger partial charge on any atom is -0.494 e. The molecule has 0 aliphatic heterocycles. The maximum absolute atomic E-state index is 10.4. The largest absolute Gasteiger partial charge is 0.494 e. The van der Waals surface area contributed by atoms with Crippen LogP contribution >= 0.6 is 0 Å². The molecule has 92 valence electrons. The summed E-state index contributed by atoms with van der Waals surface area (Å²) in [5, 5.41) is 10.7. The van der Waals surface area contributed by atoms with E-state index in [1.54, 1.807) is 6.08 Å². The molecule has 1 N–H and O–H groups in total. The Morgan fingerprint density at radius 2 is 1.94 bits per heavy atom. The van der Waals surface area contributed by atoms with E-state index < -0.39 is 5.97 Å². The lowest BCUT2D eigenvalue weighted by molar-refractivity contribution is -0.131. The van der Waals surface area contributed by atoms with Crippen LogP contribution in [0.4, 0.5) is 0 Å². The van der Waals surface area contributed by atoms with E-state index in [-0.39, 0.29) is 0 Å². The van der Waals surface area contributed by atoms with Crippen LogP contribution < -0.4 is 4.74 Å². The topological polar surface area (TPSA) is 46.5 Å². The molecule has 3 heteroatoms. The highest BCUT2D eigenvalue weighted by Gasteiger charge is 1.98. The normalized spacial score (nSPS) is 10.9. The number of rotatable bonds is 4. The maximum Gasteiger partial charge on any atom is 0.328 e. The molecule has 0 bridgehead atoms. The third-order valence-corrected chi connectivity index (χ3v) is 2.57. The Hall–Kier alpha value is -2.29. The van der Waals surface area contributed by atoms with Crippen molar-refractivity contribution >= 4 is 22.8 Å². The van der Waals surface area contributed by atoms with Gasteiger partial charge < -0.3 is 9.84 Å². The van der Waals surface area contributed by atoms with Gasteiger partial charge in [0, 0.05) is 6.08 Å². The molecule has 0 aliphatic rings. The molecule has 0 amide bonds. The molecule has 2 aromatic rings. The van der Waals surface area contributed by atoms with Gasteiger partial charge >= 0.3 is 5.97 Å². The van der Waals surface area contributed by atoms with Gasteiger partial charge in [-0.05, 0) is 47.5 Å². The van der Waals surface area contributed by atoms with Crippen LogP contribution in [0, 0.1) is 0 Å². The zero-order chi connectivity index (χ0) is 13.0. The van der Waals surface area contributed by atoms with Crippen molar-refractivity contribution in [3.63, 3.8) is 0 Å². The summed E-state index contributed by atoms with van der Waals surface area (Å²) < 4.78 is 5.43. The molecule has 0 spiro atoms. The summed E-state index contributed by atoms with van der Waals surface area (Å²) in [6.07, 6.45) is 2.72. The standard InChI is InChI=1S/C15H14O3/c1-2-18-14-7-6-12-9-11(4-8-15(16)17)3-5-13(12)10-14/h3-10H,2H2,1H3,(H,16,17)/b8-4+. The van der Waals surface area contributed by atoms with E-state index in [9.17, 15) is 4.79 Å². The van der Waals surface area contributed by atoms with Crippen LogP contribution in [-0.4, -0.2) is 17.7 Å². The number of carbonyl (C=O) groups is 1. The number of fused-ring (bicyclic) bond motifs is 1. The molecular weight excluding hydrogens is 228 g/mol. The number of carboxylic acids is 1. The molecule has 0 heterocycles. The highest BCUT2D eigenvalue weighted by Crippen LogP contribution is 2.22. The fraction of sp³-hybridized carbons (Fsp3) is 0.133. The SMILES string of the molecule is CCOc1ccc2cc(/C=C/C(=O)O)ccc2c1. The van der Waals surface area contributed by atoms with Crippen molar-refractivity contribution in [1.29, 1.82) is 0 Å². The fourth-order valence-electron chi connectivity index (χ4n) is 1.77. The lowest BCUT2D eigenvalue weighted by Crippen LogP contribution is -1.90. The average molecular weight is 242 g/mol. The molecule has 0 fully saturated rings. The molecule has 0 unspecified atom stereocenters. The van der Waals surface area contributed by atoms with Gasteiger partial charge in [-0.15, -0.1) is 0 Å². The summed E-state index contributed by atoms with van der Waals surface area (Å²) in [6, 6.07) is 11.7. The Kier molecular flexibility index (Phi) is 3.63. The second-order valence-electron chi connectivity index (χ2n) is 3.87. The second-order valence-corrected chi connectivity index (χ2v) is 3.87. The number of aliphatic carboxylic acids is 1. The Labute approximate surface area is 105 Å². The first kappa shape index (κ1) is 12.2. The van der Waals surface area contributed by atoms with Crippen molar-refractivity contribution < 1.29 is 14.6 Å². The molecule has 0 aliphatic carbocycles. The van der Waals surface area contributed by atoms with E-state index in [1.165, 1.54) is 0 Å². The predicted octanol–water partition coefficient (Wildman–Crippen LogP) is 3.34.